The average Bonchev–Trinajstić information content (AvgIpc) is 2.57. The van der Waals surface area contributed by atoms with Crippen molar-refractivity contribution < 1.29 is 19.1 Å². The van der Waals surface area contributed by atoms with E-state index in [1.165, 1.54) is 0 Å². The summed E-state index contributed by atoms with van der Waals surface area (Å²) in [7, 11) is 0. The number of ether oxygens (including phenoxy) is 2. The Kier molecular flexibility index (Phi) is 2.58. The van der Waals surface area contributed by atoms with Crippen LogP contribution in [0.15, 0.2) is 48.5 Å². The van der Waals surface area contributed by atoms with Crippen molar-refractivity contribution in [2.75, 3.05) is 0 Å². The number of alkyl halides is 2. The van der Waals surface area contributed by atoms with Crippen LogP contribution in [0.4, 0.5) is 0 Å². The minimum absolute atomic E-state index is 0.378. The normalized spacial score (nSPS) is 35.4. The van der Waals surface area contributed by atoms with Crippen LogP contribution < -0.4 is 9.47 Å². The maximum Gasteiger partial charge on any atom is 0.317 e. The number of hydrogen-bond donors (Lipinski definition) is 0. The lowest BCUT2D eigenvalue weighted by Crippen LogP contribution is -2.73. The van der Waals surface area contributed by atoms with Crippen LogP contribution in [0.2, 0.25) is 0 Å². The first-order chi connectivity index (χ1) is 11.5. The molecule has 0 bridgehead atoms. The summed E-state index contributed by atoms with van der Waals surface area (Å²) in [5.41, 5.74) is 1.24. The largest absolute Gasteiger partial charge is 0.426 e. The van der Waals surface area contributed by atoms with Gasteiger partial charge in [-0.25, -0.2) is 0 Å². The van der Waals surface area contributed by atoms with Crippen molar-refractivity contribution in [3.8, 4) is 11.5 Å². The van der Waals surface area contributed by atoms with Crippen molar-refractivity contribution in [3.05, 3.63) is 59.7 Å². The predicted octanol–water partition coefficient (Wildman–Crippen LogP) is 3.34. The summed E-state index contributed by atoms with van der Waals surface area (Å²) in [6.07, 6.45) is 0. The zero-order valence-electron chi connectivity index (χ0n) is 12.2. The number of rotatable bonds is 0. The average molecular weight is 361 g/mol. The topological polar surface area (TPSA) is 52.6 Å². The van der Waals surface area contributed by atoms with Crippen LogP contribution in [0.3, 0.4) is 0 Å². The van der Waals surface area contributed by atoms with Crippen molar-refractivity contribution in [2.24, 2.45) is 11.8 Å². The third kappa shape index (κ3) is 1.35. The molecule has 0 N–H and O–H groups in total. The van der Waals surface area contributed by atoms with E-state index >= 15 is 0 Å². The quantitative estimate of drug-likeness (QED) is 0.410. The van der Waals surface area contributed by atoms with E-state index in [9.17, 15) is 9.59 Å². The Labute approximate surface area is 147 Å². The Bertz CT molecular complexity index is 851. The molecule has 2 aliphatic heterocycles. The van der Waals surface area contributed by atoms with Gasteiger partial charge in [-0.1, -0.05) is 36.4 Å². The van der Waals surface area contributed by atoms with Crippen LogP contribution in [-0.2, 0) is 19.3 Å². The van der Waals surface area contributed by atoms with E-state index in [0.717, 1.165) is 0 Å². The van der Waals surface area contributed by atoms with Crippen LogP contribution in [0.25, 0.3) is 0 Å². The van der Waals surface area contributed by atoms with Gasteiger partial charge in [0.05, 0.1) is 11.8 Å². The summed E-state index contributed by atoms with van der Waals surface area (Å²) < 4.78 is 10.7. The van der Waals surface area contributed by atoms with Gasteiger partial charge in [0.15, 0.2) is 0 Å². The van der Waals surface area contributed by atoms with Crippen molar-refractivity contribution in [2.45, 2.75) is 9.75 Å². The standard InChI is InChI=1S/C18H10Cl2O4/c19-17-9-5-1-3-7-11(9)23-15(21)13(17)14-16(22)24-12-8-4-2-6-10(12)18(14,17)20/h1-8,13-14H/t13-,14-,17-,18-/m0/s1. The molecule has 0 saturated heterocycles. The molecule has 0 unspecified atom stereocenters. The zero-order chi connectivity index (χ0) is 16.7. The molecule has 3 aliphatic rings. The highest BCUT2D eigenvalue weighted by molar-refractivity contribution is 6.40. The van der Waals surface area contributed by atoms with Crippen molar-refractivity contribution in [1.82, 2.24) is 0 Å². The number of carbonyl (C=O) groups is 2. The van der Waals surface area contributed by atoms with Crippen molar-refractivity contribution >= 4 is 35.1 Å². The van der Waals surface area contributed by atoms with Crippen LogP contribution in [0.1, 0.15) is 11.1 Å². The molecule has 24 heavy (non-hydrogen) atoms. The third-order valence-corrected chi connectivity index (χ3v) is 6.78. The van der Waals surface area contributed by atoms with Gasteiger partial charge in [0.25, 0.3) is 0 Å². The molecule has 1 saturated carbocycles. The first kappa shape index (κ1) is 14.3. The monoisotopic (exact) mass is 360 g/mol. The number of carbonyl (C=O) groups excluding carboxylic acids is 2. The van der Waals surface area contributed by atoms with Gasteiger partial charge in [0, 0.05) is 11.1 Å². The Morgan fingerprint density at radius 3 is 1.50 bits per heavy atom. The second-order valence-corrected chi connectivity index (χ2v) is 7.41. The molecule has 0 aromatic heterocycles. The molecule has 1 fully saturated rings. The van der Waals surface area contributed by atoms with Crippen LogP contribution in [0, 0.1) is 11.8 Å². The van der Waals surface area contributed by atoms with E-state index in [1.807, 2.05) is 0 Å². The number of benzene rings is 2. The maximum atomic E-state index is 12.5. The molecule has 0 spiro atoms. The minimum Gasteiger partial charge on any atom is -0.426 e. The lowest BCUT2D eigenvalue weighted by atomic mass is 9.49. The Balaban J connectivity index is 1.83. The van der Waals surface area contributed by atoms with E-state index in [-0.39, 0.29) is 0 Å². The predicted molar refractivity (Wildman–Crippen MR) is 86.2 cm³/mol. The summed E-state index contributed by atoms with van der Waals surface area (Å²) in [4.78, 5) is 22.5. The van der Waals surface area contributed by atoms with E-state index in [0.29, 0.717) is 22.6 Å². The van der Waals surface area contributed by atoms with Gasteiger partial charge in [0.2, 0.25) is 0 Å². The highest BCUT2D eigenvalue weighted by atomic mass is 35.5. The van der Waals surface area contributed by atoms with E-state index < -0.39 is 33.5 Å². The summed E-state index contributed by atoms with van der Waals surface area (Å²) in [6, 6.07) is 14.0. The number of halogens is 2. The fourth-order valence-electron chi connectivity index (χ4n) is 4.20. The smallest absolute Gasteiger partial charge is 0.317 e. The molecule has 120 valence electrons. The van der Waals surface area contributed by atoms with E-state index in [1.54, 1.807) is 48.5 Å². The summed E-state index contributed by atoms with van der Waals surface area (Å²) in [5, 5.41) is 0. The SMILES string of the molecule is O=C1Oc2ccccc2[C@]2(Cl)[C@H]1[C@H]1C(=O)Oc3ccccc3[C@]12Cl. The molecule has 2 heterocycles. The fourth-order valence-corrected chi connectivity index (χ4v) is 5.38. The second-order valence-electron chi connectivity index (χ2n) is 6.21. The van der Waals surface area contributed by atoms with Gasteiger partial charge in [0.1, 0.15) is 21.2 Å². The van der Waals surface area contributed by atoms with Gasteiger partial charge in [-0.05, 0) is 12.1 Å². The lowest BCUT2D eigenvalue weighted by Gasteiger charge is -2.63. The highest BCUT2D eigenvalue weighted by Gasteiger charge is 2.81. The molecule has 0 amide bonds. The first-order valence-electron chi connectivity index (χ1n) is 7.50. The number of para-hydroxylation sites is 2. The Morgan fingerprint density at radius 2 is 1.08 bits per heavy atom. The van der Waals surface area contributed by atoms with E-state index in [4.69, 9.17) is 32.7 Å². The highest BCUT2D eigenvalue weighted by Crippen LogP contribution is 2.75. The van der Waals surface area contributed by atoms with Gasteiger partial charge in [-0.2, -0.15) is 0 Å². The maximum absolute atomic E-state index is 12.5. The van der Waals surface area contributed by atoms with Gasteiger partial charge >= 0.3 is 11.9 Å². The summed E-state index contributed by atoms with van der Waals surface area (Å²) >= 11 is 14.0. The minimum atomic E-state index is -1.26. The zero-order valence-corrected chi connectivity index (χ0v) is 13.7. The van der Waals surface area contributed by atoms with Crippen LogP contribution in [-0.4, -0.2) is 11.9 Å². The molecule has 4 atom stereocenters. The molecule has 0 radical (unpaired) electrons. The van der Waals surface area contributed by atoms with Gasteiger partial charge in [-0.15, -0.1) is 23.2 Å². The third-order valence-electron chi connectivity index (χ3n) is 5.21. The second kappa shape index (κ2) is 4.32. The van der Waals surface area contributed by atoms with Crippen LogP contribution >= 0.6 is 23.2 Å². The van der Waals surface area contributed by atoms with Crippen molar-refractivity contribution in [1.29, 1.82) is 0 Å². The number of hydrogen-bond acceptors (Lipinski definition) is 4. The van der Waals surface area contributed by atoms with Gasteiger partial charge in [-0.3, -0.25) is 9.59 Å². The molecule has 5 rings (SSSR count). The molecule has 2 aromatic carbocycles. The molecular formula is C18H10Cl2O4. The lowest BCUT2D eigenvalue weighted by molar-refractivity contribution is -0.172. The van der Waals surface area contributed by atoms with Crippen molar-refractivity contribution in [3.63, 3.8) is 0 Å². The summed E-state index contributed by atoms with van der Waals surface area (Å²) in [5.74, 6) is -2.12. The number of fused-ring (bicyclic) bond motifs is 8. The van der Waals surface area contributed by atoms with E-state index in [2.05, 4.69) is 0 Å². The summed E-state index contributed by atoms with van der Waals surface area (Å²) in [6.45, 7) is 0. The Hall–Kier alpha value is -2.04. The Morgan fingerprint density at radius 1 is 0.708 bits per heavy atom. The molecule has 4 nitrogen and oxygen atoms in total. The molecule has 1 aliphatic carbocycles. The van der Waals surface area contributed by atoms with Gasteiger partial charge < -0.3 is 9.47 Å². The first-order valence-corrected chi connectivity index (χ1v) is 8.25. The molecule has 6 heteroatoms. The fraction of sp³-hybridized carbons (Fsp3) is 0.222. The molecule has 2 aromatic rings. The molecular weight excluding hydrogens is 351 g/mol. The number of esters is 2. The van der Waals surface area contributed by atoms with Crippen LogP contribution in [0.5, 0.6) is 11.5 Å².